The fourth-order valence-corrected chi connectivity index (χ4v) is 4.27. The van der Waals surface area contributed by atoms with Crippen LogP contribution in [0.5, 0.6) is 0 Å². The lowest BCUT2D eigenvalue weighted by Crippen LogP contribution is -2.63. The van der Waals surface area contributed by atoms with Crippen molar-refractivity contribution in [2.45, 2.75) is 57.0 Å². The van der Waals surface area contributed by atoms with Crippen LogP contribution in [-0.2, 0) is 9.84 Å². The summed E-state index contributed by atoms with van der Waals surface area (Å²) in [4.78, 5) is 2.53. The molecule has 1 atom stereocenters. The summed E-state index contributed by atoms with van der Waals surface area (Å²) in [6, 6.07) is 0.575. The first-order valence-electron chi connectivity index (χ1n) is 7.61. The Bertz CT molecular complexity index is 388. The molecule has 5 heteroatoms. The molecule has 1 spiro atoms. The topological polar surface area (TPSA) is 49.4 Å². The van der Waals surface area contributed by atoms with Gasteiger partial charge in [0.25, 0.3) is 0 Å². The average Bonchev–Trinajstić information content (AvgIpc) is 2.76. The first-order chi connectivity index (χ1) is 8.94. The lowest BCUT2D eigenvalue weighted by atomic mass is 9.91. The number of piperazine rings is 1. The zero-order chi connectivity index (χ0) is 13.9. The summed E-state index contributed by atoms with van der Waals surface area (Å²) in [5, 5.41) is 3.77. The first kappa shape index (κ1) is 15.3. The van der Waals surface area contributed by atoms with Crippen molar-refractivity contribution >= 4 is 9.84 Å². The van der Waals surface area contributed by atoms with Crippen molar-refractivity contribution in [3.05, 3.63) is 0 Å². The number of hydrogen-bond donors (Lipinski definition) is 1. The fraction of sp³-hybridized carbons (Fsp3) is 1.00. The number of nitrogens with zero attached hydrogens (tertiary/aromatic N) is 1. The highest BCUT2D eigenvalue weighted by molar-refractivity contribution is 7.90. The van der Waals surface area contributed by atoms with Crippen LogP contribution < -0.4 is 5.32 Å². The molecule has 0 radical (unpaired) electrons. The number of rotatable bonds is 5. The third-order valence-electron chi connectivity index (χ3n) is 4.73. The van der Waals surface area contributed by atoms with E-state index in [9.17, 15) is 8.42 Å². The number of nitrogens with one attached hydrogen (secondary N) is 1. The van der Waals surface area contributed by atoms with Gasteiger partial charge in [0, 0.05) is 30.9 Å². The van der Waals surface area contributed by atoms with Gasteiger partial charge >= 0.3 is 0 Å². The van der Waals surface area contributed by atoms with Gasteiger partial charge < -0.3 is 5.32 Å². The molecule has 19 heavy (non-hydrogen) atoms. The summed E-state index contributed by atoms with van der Waals surface area (Å²) < 4.78 is 22.5. The molecule has 1 aliphatic carbocycles. The summed E-state index contributed by atoms with van der Waals surface area (Å²) in [5.74, 6) is 0.320. The number of hydrogen-bond acceptors (Lipinski definition) is 4. The highest BCUT2D eigenvalue weighted by Gasteiger charge is 2.40. The number of sulfone groups is 1. The van der Waals surface area contributed by atoms with Crippen LogP contribution in [0.4, 0.5) is 0 Å². The summed E-state index contributed by atoms with van der Waals surface area (Å²) >= 11 is 0. The standard InChI is InChI=1S/C14H28N2O2S/c1-3-13-11-15-14(7-4-5-8-14)12-16(13)9-6-10-19(2,17)18/h13,15H,3-12H2,1-2H3. The van der Waals surface area contributed by atoms with Gasteiger partial charge in [0.05, 0.1) is 5.75 Å². The molecule has 2 aliphatic rings. The van der Waals surface area contributed by atoms with Crippen LogP contribution in [0.3, 0.4) is 0 Å². The average molecular weight is 288 g/mol. The van der Waals surface area contributed by atoms with Gasteiger partial charge in [-0.1, -0.05) is 19.8 Å². The zero-order valence-corrected chi connectivity index (χ0v) is 13.1. The normalized spacial score (nSPS) is 28.0. The molecule has 0 bridgehead atoms. The van der Waals surface area contributed by atoms with E-state index in [1.54, 1.807) is 0 Å². The van der Waals surface area contributed by atoms with Crippen LogP contribution in [0.15, 0.2) is 0 Å². The van der Waals surface area contributed by atoms with E-state index < -0.39 is 9.84 Å². The lowest BCUT2D eigenvalue weighted by molar-refractivity contribution is 0.0786. The van der Waals surface area contributed by atoms with Gasteiger partial charge in [-0.15, -0.1) is 0 Å². The molecule has 2 rings (SSSR count). The molecule has 4 nitrogen and oxygen atoms in total. The molecule has 0 amide bonds. The highest BCUT2D eigenvalue weighted by atomic mass is 32.2. The molecule has 1 heterocycles. The Kier molecular flexibility index (Phi) is 4.90. The predicted octanol–water partition coefficient (Wildman–Crippen LogP) is 1.42. The van der Waals surface area contributed by atoms with E-state index in [4.69, 9.17) is 0 Å². The SMILES string of the molecule is CCC1CNC2(CCCC2)CN1CCCS(C)(=O)=O. The van der Waals surface area contributed by atoms with Crippen molar-refractivity contribution in [2.24, 2.45) is 0 Å². The van der Waals surface area contributed by atoms with Crippen LogP contribution in [0.2, 0.25) is 0 Å². The molecule has 1 unspecified atom stereocenters. The van der Waals surface area contributed by atoms with Crippen LogP contribution in [0.1, 0.15) is 45.4 Å². The van der Waals surface area contributed by atoms with Gasteiger partial charge in [-0.2, -0.15) is 0 Å². The summed E-state index contributed by atoms with van der Waals surface area (Å²) in [7, 11) is -2.82. The Hall–Kier alpha value is -0.130. The van der Waals surface area contributed by atoms with Gasteiger partial charge in [0.1, 0.15) is 9.84 Å². The Morgan fingerprint density at radius 2 is 2.00 bits per heavy atom. The van der Waals surface area contributed by atoms with Crippen LogP contribution in [0.25, 0.3) is 0 Å². The van der Waals surface area contributed by atoms with E-state index in [0.29, 0.717) is 17.3 Å². The second-order valence-electron chi connectivity index (χ2n) is 6.38. The molecule has 0 aromatic heterocycles. The Balaban J connectivity index is 1.90. The first-order valence-corrected chi connectivity index (χ1v) is 9.67. The lowest BCUT2D eigenvalue weighted by Gasteiger charge is -2.46. The van der Waals surface area contributed by atoms with Crippen molar-refractivity contribution < 1.29 is 8.42 Å². The van der Waals surface area contributed by atoms with E-state index in [-0.39, 0.29) is 0 Å². The molecule has 1 N–H and O–H groups in total. The van der Waals surface area contributed by atoms with Crippen molar-refractivity contribution in [2.75, 3.05) is 31.6 Å². The molecule has 2 fully saturated rings. The quantitative estimate of drug-likeness (QED) is 0.831. The third-order valence-corrected chi connectivity index (χ3v) is 5.76. The Labute approximate surface area is 117 Å². The molecule has 1 saturated carbocycles. The van der Waals surface area contributed by atoms with E-state index >= 15 is 0 Å². The monoisotopic (exact) mass is 288 g/mol. The summed E-state index contributed by atoms with van der Waals surface area (Å²) in [6.45, 7) is 5.32. The van der Waals surface area contributed by atoms with Crippen molar-refractivity contribution in [1.82, 2.24) is 10.2 Å². The Morgan fingerprint density at radius 3 is 2.58 bits per heavy atom. The molecule has 1 aliphatic heterocycles. The molecule has 112 valence electrons. The maximum atomic E-state index is 11.2. The van der Waals surface area contributed by atoms with Gasteiger partial charge in [-0.25, -0.2) is 8.42 Å². The maximum absolute atomic E-state index is 11.2. The summed E-state index contributed by atoms with van der Waals surface area (Å²) in [6.07, 6.45) is 8.48. The molecule has 0 aromatic rings. The van der Waals surface area contributed by atoms with Gasteiger partial charge in [-0.3, -0.25) is 4.90 Å². The highest BCUT2D eigenvalue weighted by Crippen LogP contribution is 2.33. The van der Waals surface area contributed by atoms with E-state index in [1.807, 2.05) is 0 Å². The fourth-order valence-electron chi connectivity index (χ4n) is 3.62. The minimum Gasteiger partial charge on any atom is -0.308 e. The van der Waals surface area contributed by atoms with E-state index in [0.717, 1.165) is 32.5 Å². The molecular weight excluding hydrogens is 260 g/mol. The second kappa shape index (κ2) is 6.10. The smallest absolute Gasteiger partial charge is 0.147 e. The van der Waals surface area contributed by atoms with E-state index in [2.05, 4.69) is 17.1 Å². The van der Waals surface area contributed by atoms with Crippen LogP contribution in [-0.4, -0.2) is 56.5 Å². The largest absolute Gasteiger partial charge is 0.308 e. The van der Waals surface area contributed by atoms with Crippen molar-refractivity contribution in [3.8, 4) is 0 Å². The summed E-state index contributed by atoms with van der Waals surface area (Å²) in [5.41, 5.74) is 0.330. The van der Waals surface area contributed by atoms with E-state index in [1.165, 1.54) is 31.9 Å². The van der Waals surface area contributed by atoms with Crippen molar-refractivity contribution in [1.29, 1.82) is 0 Å². The van der Waals surface area contributed by atoms with Crippen molar-refractivity contribution in [3.63, 3.8) is 0 Å². The Morgan fingerprint density at radius 1 is 1.32 bits per heavy atom. The minimum atomic E-state index is -2.82. The van der Waals surface area contributed by atoms with Crippen LogP contribution in [0, 0.1) is 0 Å². The maximum Gasteiger partial charge on any atom is 0.147 e. The third kappa shape index (κ3) is 4.17. The van der Waals surface area contributed by atoms with Gasteiger partial charge in [-0.05, 0) is 32.2 Å². The van der Waals surface area contributed by atoms with Gasteiger partial charge in [0.2, 0.25) is 0 Å². The van der Waals surface area contributed by atoms with Gasteiger partial charge in [0.15, 0.2) is 0 Å². The zero-order valence-electron chi connectivity index (χ0n) is 12.3. The minimum absolute atomic E-state index is 0.320. The predicted molar refractivity (Wildman–Crippen MR) is 79.2 cm³/mol. The molecular formula is C14H28N2O2S. The second-order valence-corrected chi connectivity index (χ2v) is 8.64. The van der Waals surface area contributed by atoms with Crippen LogP contribution >= 0.6 is 0 Å². The molecule has 0 aromatic carbocycles. The molecule has 1 saturated heterocycles.